The molecule has 1 aromatic carbocycles. The van der Waals surface area contributed by atoms with Crippen LogP contribution in [0.3, 0.4) is 0 Å². The zero-order chi connectivity index (χ0) is 18.9. The van der Waals surface area contributed by atoms with Gasteiger partial charge < -0.3 is 15.5 Å². The molecule has 0 unspecified atom stereocenters. The first-order valence-electron chi connectivity index (χ1n) is 9.24. The standard InChI is InChI=1S/C19H29ClN4O2/c1-15(2)14-22-19(26)18(25)21-8-3-9-23-10-12-24(13-11-23)17-6-4-16(20)5-7-17/h4-7,15H,3,8-14H2,1-2H3,(H,21,25)(H,22,26). The van der Waals surface area contributed by atoms with E-state index in [1.54, 1.807) is 0 Å². The molecule has 0 aromatic heterocycles. The van der Waals surface area contributed by atoms with Crippen molar-refractivity contribution >= 4 is 29.1 Å². The molecule has 0 aliphatic carbocycles. The van der Waals surface area contributed by atoms with Crippen LogP contribution < -0.4 is 15.5 Å². The summed E-state index contributed by atoms with van der Waals surface area (Å²) in [5.74, 6) is -0.758. The van der Waals surface area contributed by atoms with Gasteiger partial charge in [0, 0.05) is 50.0 Å². The first-order chi connectivity index (χ1) is 12.5. The van der Waals surface area contributed by atoms with Crippen LogP contribution in [0.2, 0.25) is 5.02 Å². The van der Waals surface area contributed by atoms with Crippen molar-refractivity contribution in [1.82, 2.24) is 15.5 Å². The molecule has 1 fully saturated rings. The van der Waals surface area contributed by atoms with Crippen molar-refractivity contribution in [1.29, 1.82) is 0 Å². The molecule has 1 aliphatic heterocycles. The minimum absolute atomic E-state index is 0.332. The van der Waals surface area contributed by atoms with Crippen molar-refractivity contribution in [3.8, 4) is 0 Å². The fourth-order valence-electron chi connectivity index (χ4n) is 2.84. The molecule has 2 amide bonds. The van der Waals surface area contributed by atoms with E-state index < -0.39 is 11.8 Å². The summed E-state index contributed by atoms with van der Waals surface area (Å²) in [5.41, 5.74) is 1.20. The second-order valence-corrected chi connectivity index (χ2v) is 7.45. The number of hydrogen-bond acceptors (Lipinski definition) is 4. The van der Waals surface area contributed by atoms with E-state index in [4.69, 9.17) is 11.6 Å². The Bertz CT molecular complexity index is 584. The molecule has 0 radical (unpaired) electrons. The van der Waals surface area contributed by atoms with Gasteiger partial charge >= 0.3 is 11.8 Å². The zero-order valence-corrected chi connectivity index (χ0v) is 16.4. The summed E-state index contributed by atoms with van der Waals surface area (Å²) in [5, 5.41) is 6.06. The van der Waals surface area contributed by atoms with Gasteiger partial charge in [0.2, 0.25) is 0 Å². The second kappa shape index (κ2) is 10.4. The van der Waals surface area contributed by atoms with Crippen molar-refractivity contribution in [3.05, 3.63) is 29.3 Å². The highest BCUT2D eigenvalue weighted by molar-refractivity contribution is 6.35. The third-order valence-electron chi connectivity index (χ3n) is 4.38. The molecule has 1 aliphatic rings. The van der Waals surface area contributed by atoms with E-state index in [1.807, 2.05) is 26.0 Å². The van der Waals surface area contributed by atoms with Crippen LogP contribution in [-0.2, 0) is 9.59 Å². The molecule has 144 valence electrons. The average molecular weight is 381 g/mol. The Balaban J connectivity index is 1.59. The molecule has 1 aromatic rings. The monoisotopic (exact) mass is 380 g/mol. The minimum atomic E-state index is -0.546. The van der Waals surface area contributed by atoms with Crippen LogP contribution in [0.5, 0.6) is 0 Å². The van der Waals surface area contributed by atoms with Gasteiger partial charge in [-0.05, 0) is 43.1 Å². The van der Waals surface area contributed by atoms with Crippen LogP contribution in [-0.4, -0.2) is 62.5 Å². The Morgan fingerprint density at radius 1 is 1.04 bits per heavy atom. The summed E-state index contributed by atoms with van der Waals surface area (Å²) in [4.78, 5) is 28.0. The van der Waals surface area contributed by atoms with Crippen molar-refractivity contribution in [2.75, 3.05) is 50.7 Å². The normalized spacial score (nSPS) is 15.2. The molecule has 6 nitrogen and oxygen atoms in total. The largest absolute Gasteiger partial charge is 0.369 e. The van der Waals surface area contributed by atoms with Crippen LogP contribution >= 0.6 is 11.6 Å². The molecular weight excluding hydrogens is 352 g/mol. The van der Waals surface area contributed by atoms with E-state index >= 15 is 0 Å². The van der Waals surface area contributed by atoms with Gasteiger partial charge in [-0.15, -0.1) is 0 Å². The Morgan fingerprint density at radius 3 is 2.27 bits per heavy atom. The lowest BCUT2D eigenvalue weighted by molar-refractivity contribution is -0.139. The van der Waals surface area contributed by atoms with Gasteiger partial charge in [-0.2, -0.15) is 0 Å². The molecule has 0 spiro atoms. The maximum Gasteiger partial charge on any atom is 0.309 e. The maximum absolute atomic E-state index is 11.7. The van der Waals surface area contributed by atoms with Crippen LogP contribution in [0.4, 0.5) is 5.69 Å². The van der Waals surface area contributed by atoms with E-state index in [0.717, 1.165) is 44.2 Å². The fraction of sp³-hybridized carbons (Fsp3) is 0.579. The number of carbonyl (C=O) groups is 2. The third kappa shape index (κ3) is 6.84. The number of carbonyl (C=O) groups excluding carboxylic acids is 2. The minimum Gasteiger partial charge on any atom is -0.369 e. The van der Waals surface area contributed by atoms with Crippen LogP contribution in [0.15, 0.2) is 24.3 Å². The Kier molecular flexibility index (Phi) is 8.19. The highest BCUT2D eigenvalue weighted by Crippen LogP contribution is 2.19. The lowest BCUT2D eigenvalue weighted by Crippen LogP contribution is -2.47. The maximum atomic E-state index is 11.7. The number of amides is 2. The first-order valence-corrected chi connectivity index (χ1v) is 9.62. The Hall–Kier alpha value is -1.79. The molecule has 0 atom stereocenters. The molecule has 1 saturated heterocycles. The van der Waals surface area contributed by atoms with Crippen molar-refractivity contribution in [2.24, 2.45) is 5.92 Å². The summed E-state index contributed by atoms with van der Waals surface area (Å²) < 4.78 is 0. The van der Waals surface area contributed by atoms with Crippen LogP contribution in [0, 0.1) is 5.92 Å². The van der Waals surface area contributed by atoms with E-state index in [2.05, 4.69) is 32.6 Å². The quantitative estimate of drug-likeness (QED) is 0.558. The van der Waals surface area contributed by atoms with Gasteiger partial charge in [0.15, 0.2) is 0 Å². The molecule has 0 bridgehead atoms. The first kappa shape index (κ1) is 20.5. The predicted molar refractivity (Wildman–Crippen MR) is 106 cm³/mol. The van der Waals surface area contributed by atoms with Crippen LogP contribution in [0.25, 0.3) is 0 Å². The predicted octanol–water partition coefficient (Wildman–Crippen LogP) is 1.74. The third-order valence-corrected chi connectivity index (χ3v) is 4.63. The van der Waals surface area contributed by atoms with E-state index in [-0.39, 0.29) is 0 Å². The van der Waals surface area contributed by atoms with Crippen LogP contribution in [0.1, 0.15) is 20.3 Å². The number of nitrogens with one attached hydrogen (secondary N) is 2. The van der Waals surface area contributed by atoms with E-state index in [9.17, 15) is 9.59 Å². The van der Waals surface area contributed by atoms with Gasteiger partial charge in [-0.25, -0.2) is 0 Å². The number of hydrogen-bond donors (Lipinski definition) is 2. The van der Waals surface area contributed by atoms with Gasteiger partial charge in [-0.3, -0.25) is 14.5 Å². The Morgan fingerprint density at radius 2 is 1.65 bits per heavy atom. The number of rotatable bonds is 7. The van der Waals surface area contributed by atoms with Gasteiger partial charge in [0.25, 0.3) is 0 Å². The summed E-state index contributed by atoms with van der Waals surface area (Å²) in [6, 6.07) is 7.95. The lowest BCUT2D eigenvalue weighted by atomic mass is 10.2. The SMILES string of the molecule is CC(C)CNC(=O)C(=O)NCCCN1CCN(c2ccc(Cl)cc2)CC1. The van der Waals surface area contributed by atoms with E-state index in [0.29, 0.717) is 19.0 Å². The van der Waals surface area contributed by atoms with Gasteiger partial charge in [-0.1, -0.05) is 25.4 Å². The zero-order valence-electron chi connectivity index (χ0n) is 15.6. The van der Waals surface area contributed by atoms with E-state index in [1.165, 1.54) is 5.69 Å². The Labute approximate surface area is 160 Å². The molecule has 7 heteroatoms. The van der Waals surface area contributed by atoms with Gasteiger partial charge in [0.1, 0.15) is 0 Å². The van der Waals surface area contributed by atoms with Crippen molar-refractivity contribution in [2.45, 2.75) is 20.3 Å². The molecule has 26 heavy (non-hydrogen) atoms. The average Bonchev–Trinajstić information content (AvgIpc) is 2.64. The summed E-state index contributed by atoms with van der Waals surface area (Å²) in [6.07, 6.45) is 0.837. The number of anilines is 1. The molecule has 1 heterocycles. The summed E-state index contributed by atoms with van der Waals surface area (Å²) in [6.45, 7) is 9.88. The molecule has 2 N–H and O–H groups in total. The highest BCUT2D eigenvalue weighted by atomic mass is 35.5. The topological polar surface area (TPSA) is 64.7 Å². The fourth-order valence-corrected chi connectivity index (χ4v) is 2.97. The number of nitrogens with zero attached hydrogens (tertiary/aromatic N) is 2. The smallest absolute Gasteiger partial charge is 0.309 e. The van der Waals surface area contributed by atoms with Crippen molar-refractivity contribution < 1.29 is 9.59 Å². The molecule has 0 saturated carbocycles. The second-order valence-electron chi connectivity index (χ2n) is 7.02. The number of benzene rings is 1. The summed E-state index contributed by atoms with van der Waals surface area (Å²) in [7, 11) is 0. The number of piperazine rings is 1. The highest BCUT2D eigenvalue weighted by Gasteiger charge is 2.17. The summed E-state index contributed by atoms with van der Waals surface area (Å²) >= 11 is 5.94. The molecule has 2 rings (SSSR count). The number of halogens is 1. The molecular formula is C19H29ClN4O2. The van der Waals surface area contributed by atoms with Gasteiger partial charge in [0.05, 0.1) is 0 Å². The lowest BCUT2D eigenvalue weighted by Gasteiger charge is -2.36. The van der Waals surface area contributed by atoms with Crippen molar-refractivity contribution in [3.63, 3.8) is 0 Å².